The van der Waals surface area contributed by atoms with Crippen molar-refractivity contribution in [1.82, 2.24) is 10.6 Å². The molecule has 1 atom stereocenters. The molecule has 1 saturated carbocycles. The number of aryl methyl sites for hydroxylation is 1. The van der Waals surface area contributed by atoms with Crippen LogP contribution in [-0.4, -0.2) is 18.4 Å². The van der Waals surface area contributed by atoms with Crippen molar-refractivity contribution in [3.63, 3.8) is 0 Å². The van der Waals surface area contributed by atoms with Crippen molar-refractivity contribution in [3.05, 3.63) is 35.4 Å². The number of hydrogen-bond acceptors (Lipinski definition) is 2. The largest absolute Gasteiger partial charge is 0.348 e. The zero-order valence-electron chi connectivity index (χ0n) is 14.2. The van der Waals surface area contributed by atoms with Gasteiger partial charge < -0.3 is 10.6 Å². The molecule has 1 aromatic carbocycles. The monoisotopic (exact) mass is 316 g/mol. The van der Waals surface area contributed by atoms with Gasteiger partial charge in [0.15, 0.2) is 0 Å². The quantitative estimate of drug-likeness (QED) is 0.846. The van der Waals surface area contributed by atoms with Crippen LogP contribution in [0, 0.1) is 12.8 Å². The van der Waals surface area contributed by atoms with Crippen LogP contribution in [0.15, 0.2) is 24.3 Å². The Kier molecular flexibility index (Phi) is 6.63. The van der Waals surface area contributed by atoms with E-state index in [9.17, 15) is 9.59 Å². The van der Waals surface area contributed by atoms with Gasteiger partial charge in [0.2, 0.25) is 11.8 Å². The van der Waals surface area contributed by atoms with E-state index in [4.69, 9.17) is 0 Å². The van der Waals surface area contributed by atoms with Gasteiger partial charge in [-0.2, -0.15) is 0 Å². The third-order valence-corrected chi connectivity index (χ3v) is 4.62. The minimum atomic E-state index is -0.124. The summed E-state index contributed by atoms with van der Waals surface area (Å²) >= 11 is 0. The Labute approximate surface area is 139 Å². The van der Waals surface area contributed by atoms with E-state index < -0.39 is 0 Å². The van der Waals surface area contributed by atoms with Crippen LogP contribution in [0.1, 0.15) is 62.6 Å². The van der Waals surface area contributed by atoms with E-state index in [1.807, 2.05) is 26.0 Å². The summed E-state index contributed by atoms with van der Waals surface area (Å²) < 4.78 is 0. The number of nitrogens with one attached hydrogen (secondary N) is 2. The van der Waals surface area contributed by atoms with E-state index in [0.29, 0.717) is 0 Å². The van der Waals surface area contributed by atoms with Gasteiger partial charge in [-0.1, -0.05) is 56.0 Å². The van der Waals surface area contributed by atoms with E-state index in [1.54, 1.807) is 0 Å². The Hall–Kier alpha value is -1.84. The van der Waals surface area contributed by atoms with Crippen molar-refractivity contribution in [2.24, 2.45) is 5.92 Å². The zero-order chi connectivity index (χ0) is 16.7. The molecule has 2 N–H and O–H groups in total. The molecule has 0 aliphatic heterocycles. The van der Waals surface area contributed by atoms with Crippen molar-refractivity contribution < 1.29 is 9.59 Å². The SMILES string of the molecule is CCC(NC(=O)CNC(=O)C1CCCCC1)c1ccc(C)cc1. The lowest BCUT2D eigenvalue weighted by molar-refractivity contribution is -0.129. The molecule has 0 aromatic heterocycles. The molecule has 1 aromatic rings. The van der Waals surface area contributed by atoms with Crippen molar-refractivity contribution >= 4 is 11.8 Å². The lowest BCUT2D eigenvalue weighted by atomic mass is 9.89. The van der Waals surface area contributed by atoms with E-state index in [-0.39, 0.29) is 30.3 Å². The molecule has 0 radical (unpaired) electrons. The van der Waals surface area contributed by atoms with Gasteiger partial charge in [0.05, 0.1) is 12.6 Å². The predicted molar refractivity (Wildman–Crippen MR) is 91.9 cm³/mol. The fraction of sp³-hybridized carbons (Fsp3) is 0.579. The molecule has 0 bridgehead atoms. The average Bonchev–Trinajstić information content (AvgIpc) is 2.59. The van der Waals surface area contributed by atoms with Crippen molar-refractivity contribution in [1.29, 1.82) is 0 Å². The van der Waals surface area contributed by atoms with Crippen LogP contribution >= 0.6 is 0 Å². The van der Waals surface area contributed by atoms with Crippen molar-refractivity contribution in [2.45, 2.75) is 58.4 Å². The van der Waals surface area contributed by atoms with Crippen LogP contribution in [0.5, 0.6) is 0 Å². The lowest BCUT2D eigenvalue weighted by Gasteiger charge is -2.21. The Morgan fingerprint density at radius 1 is 1.13 bits per heavy atom. The molecule has 1 fully saturated rings. The normalized spacial score (nSPS) is 16.6. The van der Waals surface area contributed by atoms with Crippen molar-refractivity contribution in [2.75, 3.05) is 6.54 Å². The lowest BCUT2D eigenvalue weighted by Crippen LogP contribution is -2.41. The number of amides is 2. The number of rotatable bonds is 6. The third kappa shape index (κ3) is 5.38. The molecule has 0 heterocycles. The first-order valence-electron chi connectivity index (χ1n) is 8.73. The molecule has 2 rings (SSSR count). The predicted octanol–water partition coefficient (Wildman–Crippen LogP) is 3.26. The summed E-state index contributed by atoms with van der Waals surface area (Å²) in [4.78, 5) is 24.2. The molecule has 2 amide bonds. The van der Waals surface area contributed by atoms with Crippen LogP contribution in [0.4, 0.5) is 0 Å². The maximum atomic E-state index is 12.1. The second-order valence-corrected chi connectivity index (χ2v) is 6.49. The van der Waals surface area contributed by atoms with Gasteiger partial charge in [-0.25, -0.2) is 0 Å². The smallest absolute Gasteiger partial charge is 0.239 e. The first-order chi connectivity index (χ1) is 11.1. The molecule has 1 aliphatic carbocycles. The second kappa shape index (κ2) is 8.70. The van der Waals surface area contributed by atoms with Gasteiger partial charge in [0.25, 0.3) is 0 Å². The minimum absolute atomic E-state index is 0.00492. The summed E-state index contributed by atoms with van der Waals surface area (Å²) in [5, 5.41) is 5.80. The molecule has 4 nitrogen and oxygen atoms in total. The standard InChI is InChI=1S/C19H28N2O2/c1-3-17(15-11-9-14(2)10-12-15)21-18(22)13-20-19(23)16-7-5-4-6-8-16/h9-12,16-17H,3-8,13H2,1-2H3,(H,20,23)(H,21,22). The summed E-state index contributed by atoms with van der Waals surface area (Å²) in [5.74, 6) is 0.000407. The Bertz CT molecular complexity index is 519. The molecular formula is C19H28N2O2. The molecule has 1 aliphatic rings. The summed E-state index contributed by atoms with van der Waals surface area (Å²) in [6, 6.07) is 8.19. The molecule has 23 heavy (non-hydrogen) atoms. The van der Waals surface area contributed by atoms with Gasteiger partial charge in [-0.3, -0.25) is 9.59 Å². The highest BCUT2D eigenvalue weighted by molar-refractivity contribution is 5.86. The summed E-state index contributed by atoms with van der Waals surface area (Å²) in [5.41, 5.74) is 2.31. The van der Waals surface area contributed by atoms with Crippen LogP contribution in [-0.2, 0) is 9.59 Å². The zero-order valence-corrected chi connectivity index (χ0v) is 14.2. The highest BCUT2D eigenvalue weighted by atomic mass is 16.2. The second-order valence-electron chi connectivity index (χ2n) is 6.49. The molecular weight excluding hydrogens is 288 g/mol. The Balaban J connectivity index is 1.80. The summed E-state index contributed by atoms with van der Waals surface area (Å²) in [6.45, 7) is 4.16. The number of hydrogen-bond donors (Lipinski definition) is 2. The number of benzene rings is 1. The molecule has 1 unspecified atom stereocenters. The fourth-order valence-corrected chi connectivity index (χ4v) is 3.14. The minimum Gasteiger partial charge on any atom is -0.348 e. The maximum absolute atomic E-state index is 12.1. The van der Waals surface area contributed by atoms with Gasteiger partial charge in [-0.05, 0) is 31.7 Å². The van der Waals surface area contributed by atoms with Gasteiger partial charge in [0, 0.05) is 5.92 Å². The van der Waals surface area contributed by atoms with E-state index in [1.165, 1.54) is 12.0 Å². The topological polar surface area (TPSA) is 58.2 Å². The molecule has 126 valence electrons. The Morgan fingerprint density at radius 2 is 1.78 bits per heavy atom. The fourth-order valence-electron chi connectivity index (χ4n) is 3.14. The third-order valence-electron chi connectivity index (χ3n) is 4.62. The van der Waals surface area contributed by atoms with Gasteiger partial charge in [-0.15, -0.1) is 0 Å². The molecule has 0 spiro atoms. The van der Waals surface area contributed by atoms with E-state index in [2.05, 4.69) is 22.8 Å². The molecule has 0 saturated heterocycles. The number of carbonyl (C=O) groups excluding carboxylic acids is 2. The highest BCUT2D eigenvalue weighted by Crippen LogP contribution is 2.23. The summed E-state index contributed by atoms with van der Waals surface area (Å²) in [6.07, 6.45) is 6.19. The summed E-state index contributed by atoms with van der Waals surface area (Å²) in [7, 11) is 0. The van der Waals surface area contributed by atoms with Crippen LogP contribution in [0.3, 0.4) is 0 Å². The van der Waals surface area contributed by atoms with Crippen LogP contribution in [0.25, 0.3) is 0 Å². The van der Waals surface area contributed by atoms with Crippen LogP contribution in [0.2, 0.25) is 0 Å². The van der Waals surface area contributed by atoms with Crippen molar-refractivity contribution in [3.8, 4) is 0 Å². The first kappa shape index (κ1) is 17.5. The Morgan fingerprint density at radius 3 is 2.39 bits per heavy atom. The maximum Gasteiger partial charge on any atom is 0.239 e. The highest BCUT2D eigenvalue weighted by Gasteiger charge is 2.21. The van der Waals surface area contributed by atoms with Crippen LogP contribution < -0.4 is 10.6 Å². The van der Waals surface area contributed by atoms with Gasteiger partial charge in [0.1, 0.15) is 0 Å². The first-order valence-corrected chi connectivity index (χ1v) is 8.73. The molecule has 4 heteroatoms. The van der Waals surface area contributed by atoms with Gasteiger partial charge >= 0.3 is 0 Å². The number of carbonyl (C=O) groups is 2. The average molecular weight is 316 g/mol. The van der Waals surface area contributed by atoms with E-state index >= 15 is 0 Å². The van der Waals surface area contributed by atoms with E-state index in [0.717, 1.165) is 37.7 Å².